The first-order valence-corrected chi connectivity index (χ1v) is 6.80. The van der Waals surface area contributed by atoms with Gasteiger partial charge in [-0.05, 0) is 37.8 Å². The number of carbonyl (C=O) groups is 1. The van der Waals surface area contributed by atoms with Gasteiger partial charge in [-0.2, -0.15) is 0 Å². The number of nitrogens with two attached hydrogens (primary N) is 1. The third kappa shape index (κ3) is 3.33. The molecule has 0 saturated heterocycles. The van der Waals surface area contributed by atoms with Crippen molar-refractivity contribution < 1.29 is 4.79 Å². The van der Waals surface area contributed by atoms with Gasteiger partial charge in [0.25, 0.3) is 0 Å². The van der Waals surface area contributed by atoms with E-state index in [1.807, 2.05) is 31.2 Å². The molecule has 1 aromatic rings. The topological polar surface area (TPSA) is 55.1 Å². The van der Waals surface area contributed by atoms with Gasteiger partial charge in [0, 0.05) is 5.69 Å². The lowest BCUT2D eigenvalue weighted by Gasteiger charge is -2.26. The van der Waals surface area contributed by atoms with Crippen LogP contribution in [0.15, 0.2) is 24.3 Å². The maximum atomic E-state index is 12.1. The smallest absolute Gasteiger partial charge is 0.241 e. The van der Waals surface area contributed by atoms with Crippen LogP contribution in [-0.4, -0.2) is 11.9 Å². The summed E-state index contributed by atoms with van der Waals surface area (Å²) in [6.45, 7) is 2.03. The second kappa shape index (κ2) is 6.01. The molecule has 0 unspecified atom stereocenters. The lowest BCUT2D eigenvalue weighted by atomic mass is 9.84. The van der Waals surface area contributed by atoms with Crippen molar-refractivity contribution in [2.45, 2.75) is 45.1 Å². The van der Waals surface area contributed by atoms with Gasteiger partial charge >= 0.3 is 0 Å². The highest BCUT2D eigenvalue weighted by molar-refractivity contribution is 5.94. The van der Waals surface area contributed by atoms with Crippen LogP contribution in [0.5, 0.6) is 0 Å². The van der Waals surface area contributed by atoms with Gasteiger partial charge in [0.2, 0.25) is 5.91 Å². The molecule has 1 aromatic carbocycles. The molecule has 1 atom stereocenters. The molecule has 3 heteroatoms. The SMILES string of the molecule is Cc1ccc(NC(=O)[C@@H](N)C2CCCCC2)cc1. The Morgan fingerprint density at radius 3 is 2.44 bits per heavy atom. The molecular formula is C15H22N2O. The number of rotatable bonds is 3. The quantitative estimate of drug-likeness (QED) is 0.861. The number of hydrogen-bond acceptors (Lipinski definition) is 2. The van der Waals surface area contributed by atoms with Crippen molar-refractivity contribution >= 4 is 11.6 Å². The fourth-order valence-corrected chi connectivity index (χ4v) is 2.57. The van der Waals surface area contributed by atoms with Gasteiger partial charge in [-0.1, -0.05) is 37.0 Å². The monoisotopic (exact) mass is 246 g/mol. The first-order chi connectivity index (χ1) is 8.66. The maximum Gasteiger partial charge on any atom is 0.241 e. The molecule has 1 fully saturated rings. The summed E-state index contributed by atoms with van der Waals surface area (Å²) >= 11 is 0. The number of amides is 1. The van der Waals surface area contributed by atoms with Gasteiger partial charge in [0.05, 0.1) is 6.04 Å². The Morgan fingerprint density at radius 2 is 1.83 bits per heavy atom. The number of nitrogens with one attached hydrogen (secondary N) is 1. The number of carbonyl (C=O) groups excluding carboxylic acids is 1. The molecule has 1 saturated carbocycles. The van der Waals surface area contributed by atoms with E-state index in [4.69, 9.17) is 5.73 Å². The molecule has 3 nitrogen and oxygen atoms in total. The van der Waals surface area contributed by atoms with Crippen molar-refractivity contribution in [2.24, 2.45) is 11.7 Å². The second-order valence-electron chi connectivity index (χ2n) is 5.28. The van der Waals surface area contributed by atoms with E-state index in [-0.39, 0.29) is 11.9 Å². The van der Waals surface area contributed by atoms with Crippen molar-refractivity contribution in [3.63, 3.8) is 0 Å². The van der Waals surface area contributed by atoms with Crippen LogP contribution in [0.25, 0.3) is 0 Å². The van der Waals surface area contributed by atoms with Crippen molar-refractivity contribution in [3.05, 3.63) is 29.8 Å². The Morgan fingerprint density at radius 1 is 1.22 bits per heavy atom. The first-order valence-electron chi connectivity index (χ1n) is 6.80. The van der Waals surface area contributed by atoms with Crippen LogP contribution >= 0.6 is 0 Å². The van der Waals surface area contributed by atoms with E-state index in [0.29, 0.717) is 5.92 Å². The highest BCUT2D eigenvalue weighted by Crippen LogP contribution is 2.26. The van der Waals surface area contributed by atoms with E-state index in [0.717, 1.165) is 18.5 Å². The zero-order valence-corrected chi connectivity index (χ0v) is 11.0. The minimum atomic E-state index is -0.369. The Hall–Kier alpha value is -1.35. The zero-order valence-electron chi connectivity index (χ0n) is 11.0. The summed E-state index contributed by atoms with van der Waals surface area (Å²) in [4.78, 5) is 12.1. The first kappa shape index (κ1) is 13.1. The standard InChI is InChI=1S/C15H22N2O/c1-11-7-9-13(10-8-11)17-15(18)14(16)12-5-3-2-4-6-12/h7-10,12,14H,2-6,16H2,1H3,(H,17,18)/t14-/m0/s1. The lowest BCUT2D eigenvalue weighted by Crippen LogP contribution is -2.42. The average molecular weight is 246 g/mol. The average Bonchev–Trinajstić information content (AvgIpc) is 2.41. The van der Waals surface area contributed by atoms with Crippen LogP contribution in [0.3, 0.4) is 0 Å². The van der Waals surface area contributed by atoms with Crippen LogP contribution in [0.1, 0.15) is 37.7 Å². The molecular weight excluding hydrogens is 224 g/mol. The summed E-state index contributed by atoms with van der Waals surface area (Å²) in [5, 5.41) is 2.90. The fraction of sp³-hybridized carbons (Fsp3) is 0.533. The van der Waals surface area contributed by atoms with Crippen LogP contribution in [-0.2, 0) is 4.79 Å². The van der Waals surface area contributed by atoms with Gasteiger partial charge in [0.15, 0.2) is 0 Å². The van der Waals surface area contributed by atoms with Gasteiger partial charge in [-0.3, -0.25) is 4.79 Å². The Kier molecular flexibility index (Phi) is 4.37. The van der Waals surface area contributed by atoms with Crippen molar-refractivity contribution in [3.8, 4) is 0 Å². The van der Waals surface area contributed by atoms with Gasteiger partial charge in [0.1, 0.15) is 0 Å². The summed E-state index contributed by atoms with van der Waals surface area (Å²) in [7, 11) is 0. The van der Waals surface area contributed by atoms with Gasteiger partial charge < -0.3 is 11.1 Å². The van der Waals surface area contributed by atoms with E-state index >= 15 is 0 Å². The van der Waals surface area contributed by atoms with Crippen LogP contribution in [0, 0.1) is 12.8 Å². The van der Waals surface area contributed by atoms with Crippen LogP contribution in [0.4, 0.5) is 5.69 Å². The highest BCUT2D eigenvalue weighted by atomic mass is 16.2. The number of hydrogen-bond donors (Lipinski definition) is 2. The van der Waals surface area contributed by atoms with E-state index in [2.05, 4.69) is 5.32 Å². The molecule has 1 aliphatic rings. The number of anilines is 1. The Bertz CT molecular complexity index is 393. The summed E-state index contributed by atoms with van der Waals surface area (Å²) in [5.41, 5.74) is 8.07. The largest absolute Gasteiger partial charge is 0.325 e. The predicted molar refractivity (Wildman–Crippen MR) is 74.4 cm³/mol. The van der Waals surface area contributed by atoms with Crippen molar-refractivity contribution in [1.29, 1.82) is 0 Å². The van der Waals surface area contributed by atoms with Gasteiger partial charge in [-0.25, -0.2) is 0 Å². The third-order valence-corrected chi connectivity index (χ3v) is 3.78. The molecule has 1 aliphatic carbocycles. The molecule has 1 amide bonds. The molecule has 98 valence electrons. The Labute approximate surface area is 109 Å². The third-order valence-electron chi connectivity index (χ3n) is 3.78. The van der Waals surface area contributed by atoms with Gasteiger partial charge in [-0.15, -0.1) is 0 Å². The lowest BCUT2D eigenvalue weighted by molar-refractivity contribution is -0.118. The molecule has 0 spiro atoms. The number of benzene rings is 1. The number of aryl methyl sites for hydroxylation is 1. The molecule has 3 N–H and O–H groups in total. The molecule has 0 bridgehead atoms. The van der Waals surface area contributed by atoms with E-state index in [1.165, 1.54) is 24.8 Å². The summed E-state index contributed by atoms with van der Waals surface area (Å²) in [6.07, 6.45) is 5.86. The minimum Gasteiger partial charge on any atom is -0.325 e. The minimum absolute atomic E-state index is 0.0502. The normalized spacial score (nSPS) is 18.3. The second-order valence-corrected chi connectivity index (χ2v) is 5.28. The molecule has 0 heterocycles. The van der Waals surface area contributed by atoms with Crippen LogP contribution < -0.4 is 11.1 Å². The molecule has 0 aromatic heterocycles. The van der Waals surface area contributed by atoms with E-state index in [1.54, 1.807) is 0 Å². The molecule has 18 heavy (non-hydrogen) atoms. The van der Waals surface area contributed by atoms with Crippen molar-refractivity contribution in [1.82, 2.24) is 0 Å². The Balaban J connectivity index is 1.92. The van der Waals surface area contributed by atoms with E-state index in [9.17, 15) is 4.79 Å². The summed E-state index contributed by atoms with van der Waals surface area (Å²) < 4.78 is 0. The van der Waals surface area contributed by atoms with Crippen LogP contribution in [0.2, 0.25) is 0 Å². The summed E-state index contributed by atoms with van der Waals surface area (Å²) in [5.74, 6) is 0.301. The van der Waals surface area contributed by atoms with E-state index < -0.39 is 0 Å². The summed E-state index contributed by atoms with van der Waals surface area (Å²) in [6, 6.07) is 7.44. The highest BCUT2D eigenvalue weighted by Gasteiger charge is 2.25. The molecule has 0 radical (unpaired) electrons. The fourth-order valence-electron chi connectivity index (χ4n) is 2.57. The maximum absolute atomic E-state index is 12.1. The van der Waals surface area contributed by atoms with Crippen molar-refractivity contribution in [2.75, 3.05) is 5.32 Å². The molecule has 2 rings (SSSR count). The predicted octanol–water partition coefficient (Wildman–Crippen LogP) is 2.84. The molecule has 0 aliphatic heterocycles. The zero-order chi connectivity index (χ0) is 13.0.